The second-order valence-corrected chi connectivity index (χ2v) is 12.3. The smallest absolute Gasteiger partial charge is 0.243 e. The third kappa shape index (κ3) is 6.27. The van der Waals surface area contributed by atoms with Crippen LogP contribution in [0, 0.1) is 5.92 Å². The van der Waals surface area contributed by atoms with Gasteiger partial charge in [0.15, 0.2) is 0 Å². The summed E-state index contributed by atoms with van der Waals surface area (Å²) in [7, 11) is 3.46. The van der Waals surface area contributed by atoms with Crippen molar-refractivity contribution in [3.8, 4) is 5.75 Å². The summed E-state index contributed by atoms with van der Waals surface area (Å²) in [6.07, 6.45) is 3.58. The van der Waals surface area contributed by atoms with Gasteiger partial charge in [0, 0.05) is 26.6 Å². The average Bonchev–Trinajstić information content (AvgIpc) is 3.71. The van der Waals surface area contributed by atoms with E-state index in [9.17, 15) is 14.4 Å². The Balaban J connectivity index is 1.11. The first-order valence-electron chi connectivity index (χ1n) is 15.4. The van der Waals surface area contributed by atoms with Crippen molar-refractivity contribution in [1.29, 1.82) is 0 Å². The molecule has 12 nitrogen and oxygen atoms in total. The van der Waals surface area contributed by atoms with Gasteiger partial charge in [0.05, 0.1) is 44.0 Å². The molecule has 3 aromatic rings. The molecule has 0 aliphatic carbocycles. The number of aryl methyl sites for hydroxylation is 1. The summed E-state index contributed by atoms with van der Waals surface area (Å²) in [5.74, 6) is 0.373. The highest BCUT2D eigenvalue weighted by atomic mass is 16.5. The van der Waals surface area contributed by atoms with Crippen molar-refractivity contribution in [3.63, 3.8) is 0 Å². The Labute approximate surface area is 256 Å². The molecule has 3 N–H and O–H groups in total. The number of aromatic nitrogens is 3. The maximum atomic E-state index is 13.7. The van der Waals surface area contributed by atoms with Crippen LogP contribution in [0.5, 0.6) is 5.75 Å². The third-order valence-corrected chi connectivity index (χ3v) is 9.31. The third-order valence-electron chi connectivity index (χ3n) is 9.31. The van der Waals surface area contributed by atoms with E-state index in [1.807, 2.05) is 54.4 Å². The molecule has 0 spiro atoms. The lowest BCUT2D eigenvalue weighted by Crippen LogP contribution is -2.52. The zero-order valence-electron chi connectivity index (χ0n) is 25.4. The van der Waals surface area contributed by atoms with Crippen LogP contribution < -0.4 is 15.8 Å². The van der Waals surface area contributed by atoms with Gasteiger partial charge in [-0.05, 0) is 73.4 Å². The number of nitrogens with two attached hydrogens (primary N) is 1. The maximum absolute atomic E-state index is 13.7. The van der Waals surface area contributed by atoms with Crippen LogP contribution in [0.3, 0.4) is 0 Å². The molecule has 3 aliphatic rings. The zero-order chi connectivity index (χ0) is 30.8. The van der Waals surface area contributed by atoms with E-state index in [0.29, 0.717) is 39.1 Å². The van der Waals surface area contributed by atoms with Crippen LogP contribution in [0.1, 0.15) is 43.2 Å². The van der Waals surface area contributed by atoms with Crippen LogP contribution in [-0.2, 0) is 39.1 Å². The minimum atomic E-state index is -0.869. The lowest BCUT2D eigenvalue weighted by Gasteiger charge is -2.35. The van der Waals surface area contributed by atoms with Crippen LogP contribution in [0.4, 0.5) is 0 Å². The van der Waals surface area contributed by atoms with Crippen molar-refractivity contribution in [2.75, 3.05) is 26.9 Å². The van der Waals surface area contributed by atoms with Gasteiger partial charge in [0.1, 0.15) is 17.3 Å². The Morgan fingerprint density at radius 2 is 1.82 bits per heavy atom. The predicted molar refractivity (Wildman–Crippen MR) is 162 cm³/mol. The number of fused-ring (bicyclic) bond motifs is 3. The van der Waals surface area contributed by atoms with E-state index in [4.69, 9.17) is 15.2 Å². The van der Waals surface area contributed by atoms with E-state index in [-0.39, 0.29) is 48.6 Å². The van der Waals surface area contributed by atoms with Crippen LogP contribution >= 0.6 is 0 Å². The van der Waals surface area contributed by atoms with E-state index in [0.717, 1.165) is 40.8 Å². The molecule has 3 saturated heterocycles. The molecule has 2 bridgehead atoms. The normalized spacial score (nSPS) is 23.6. The Kier molecular flexibility index (Phi) is 8.81. The average molecular weight is 604 g/mol. The number of hydrogen-bond acceptors (Lipinski definition) is 8. The van der Waals surface area contributed by atoms with Gasteiger partial charge >= 0.3 is 0 Å². The van der Waals surface area contributed by atoms with Crippen molar-refractivity contribution in [1.82, 2.24) is 30.1 Å². The molecular weight excluding hydrogens is 562 g/mol. The summed E-state index contributed by atoms with van der Waals surface area (Å²) in [4.78, 5) is 44.0. The van der Waals surface area contributed by atoms with Gasteiger partial charge in [-0.25, -0.2) is 4.68 Å². The van der Waals surface area contributed by atoms with Crippen LogP contribution in [0.15, 0.2) is 42.5 Å². The number of ether oxygens (including phenoxy) is 2. The topological polar surface area (TPSA) is 145 Å². The largest absolute Gasteiger partial charge is 0.497 e. The van der Waals surface area contributed by atoms with Crippen molar-refractivity contribution in [2.45, 2.75) is 69.2 Å². The van der Waals surface area contributed by atoms with Crippen molar-refractivity contribution in [3.05, 3.63) is 53.6 Å². The molecule has 3 aliphatic heterocycles. The van der Waals surface area contributed by atoms with Gasteiger partial charge in [-0.15, -0.1) is 5.10 Å². The van der Waals surface area contributed by atoms with Gasteiger partial charge in [0.2, 0.25) is 17.7 Å². The molecule has 6 rings (SSSR count). The molecule has 5 atom stereocenters. The Morgan fingerprint density at radius 1 is 1.09 bits per heavy atom. The molecular formula is C32H41N7O5. The fourth-order valence-electron chi connectivity index (χ4n) is 6.94. The number of nitrogens with one attached hydrogen (secondary N) is 1. The zero-order valence-corrected chi connectivity index (χ0v) is 25.4. The van der Waals surface area contributed by atoms with Gasteiger partial charge in [0.25, 0.3) is 0 Å². The highest BCUT2D eigenvalue weighted by molar-refractivity contribution is 5.91. The fourth-order valence-corrected chi connectivity index (χ4v) is 6.94. The number of amides is 3. The molecule has 1 aromatic heterocycles. The molecule has 234 valence electrons. The summed E-state index contributed by atoms with van der Waals surface area (Å²) in [5.41, 5.74) is 10.1. The van der Waals surface area contributed by atoms with E-state index < -0.39 is 12.1 Å². The van der Waals surface area contributed by atoms with Crippen molar-refractivity contribution >= 4 is 28.8 Å². The number of nitrogens with zero attached hydrogens (tertiary/aromatic N) is 5. The quantitative estimate of drug-likeness (QED) is 0.355. The maximum Gasteiger partial charge on any atom is 0.243 e. The lowest BCUT2D eigenvalue weighted by atomic mass is 9.96. The van der Waals surface area contributed by atoms with Gasteiger partial charge in [-0.2, -0.15) is 0 Å². The summed E-state index contributed by atoms with van der Waals surface area (Å²) < 4.78 is 12.6. The molecule has 3 amide bonds. The fraction of sp³-hybridized carbons (Fsp3) is 0.531. The first-order chi connectivity index (χ1) is 21.3. The predicted octanol–water partition coefficient (Wildman–Crippen LogP) is 1.55. The number of carbonyl (C=O) groups is 3. The monoisotopic (exact) mass is 603 g/mol. The minimum absolute atomic E-state index is 0.0252. The summed E-state index contributed by atoms with van der Waals surface area (Å²) in [6, 6.07) is 12.3. The van der Waals surface area contributed by atoms with Crippen LogP contribution in [0.2, 0.25) is 0 Å². The van der Waals surface area contributed by atoms with Gasteiger partial charge in [-0.3, -0.25) is 14.4 Å². The molecule has 2 unspecified atom stereocenters. The second kappa shape index (κ2) is 12.9. The molecule has 2 aromatic carbocycles. The summed E-state index contributed by atoms with van der Waals surface area (Å²) in [6.45, 7) is 1.86. The number of morpholine rings is 1. The standard InChI is InChI=1S/C32H41N7O5/c1-37-28-11-5-21(14-27(28)35-36-37)16-34-31(41)29-15-22(13-20-3-8-25(43-2)9-4-20)17-38(29)32(42)26(33)10-12-30(40)39-23-6-7-24(39)19-44-18-23/h3-5,8-9,11,14,22-24,26,29H,6-7,10,12-13,15-19,33H2,1-2H3,(H,34,41)/t22-,23?,24?,26-,29+/m1/s1. The summed E-state index contributed by atoms with van der Waals surface area (Å²) >= 11 is 0. The first kappa shape index (κ1) is 30.0. The molecule has 4 heterocycles. The first-order valence-corrected chi connectivity index (χ1v) is 15.4. The number of hydrogen-bond donors (Lipinski definition) is 2. The van der Waals surface area contributed by atoms with E-state index in [1.54, 1.807) is 16.7 Å². The van der Waals surface area contributed by atoms with Crippen molar-refractivity contribution < 1.29 is 23.9 Å². The SMILES string of the molecule is COc1ccc(C[C@@H]2C[C@@H](C(=O)NCc3ccc4c(c3)nnn4C)N(C(=O)[C@H](N)CCC(=O)N3C4CCC3COC4)C2)cc1. The molecule has 3 fully saturated rings. The molecule has 0 saturated carbocycles. The van der Waals surface area contributed by atoms with E-state index in [2.05, 4.69) is 15.6 Å². The number of rotatable bonds is 10. The Hall–Kier alpha value is -4.03. The van der Waals surface area contributed by atoms with Gasteiger partial charge < -0.3 is 30.3 Å². The Bertz CT molecular complexity index is 1490. The van der Waals surface area contributed by atoms with E-state index in [1.165, 1.54) is 0 Å². The molecule has 0 radical (unpaired) electrons. The number of benzene rings is 2. The lowest BCUT2D eigenvalue weighted by molar-refractivity contribution is -0.142. The van der Waals surface area contributed by atoms with Crippen LogP contribution in [0.25, 0.3) is 11.0 Å². The highest BCUT2D eigenvalue weighted by Gasteiger charge is 2.42. The van der Waals surface area contributed by atoms with Crippen LogP contribution in [-0.4, -0.2) is 93.6 Å². The number of methoxy groups -OCH3 is 1. The Morgan fingerprint density at radius 3 is 2.55 bits per heavy atom. The van der Waals surface area contributed by atoms with Crippen molar-refractivity contribution in [2.24, 2.45) is 18.7 Å². The molecule has 12 heteroatoms. The van der Waals surface area contributed by atoms with E-state index >= 15 is 0 Å². The van der Waals surface area contributed by atoms with Gasteiger partial charge in [-0.1, -0.05) is 23.4 Å². The second-order valence-electron chi connectivity index (χ2n) is 12.3. The highest BCUT2D eigenvalue weighted by Crippen LogP contribution is 2.31. The summed E-state index contributed by atoms with van der Waals surface area (Å²) in [5, 5.41) is 11.2. The molecule has 44 heavy (non-hydrogen) atoms. The number of carbonyl (C=O) groups excluding carboxylic acids is 3. The number of likely N-dealkylation sites (tertiary alicyclic amines) is 1. The minimum Gasteiger partial charge on any atom is -0.497 e.